The Morgan fingerprint density at radius 2 is 1.58 bits per heavy atom. The summed E-state index contributed by atoms with van der Waals surface area (Å²) in [5.41, 5.74) is 2.58. The van der Waals surface area contributed by atoms with E-state index in [-0.39, 0.29) is 16.8 Å². The number of aromatic nitrogens is 1. The van der Waals surface area contributed by atoms with E-state index in [9.17, 15) is 13.2 Å². The number of carbonyl (C=O) groups excluding carboxylic acids is 1. The zero-order valence-electron chi connectivity index (χ0n) is 17.3. The number of sulfonamides is 1. The zero-order chi connectivity index (χ0) is 21.7. The van der Waals surface area contributed by atoms with Crippen molar-refractivity contribution < 1.29 is 13.2 Å². The minimum Gasteiger partial charge on any atom is -0.352 e. The lowest BCUT2D eigenvalue weighted by atomic mass is 10.1. The topological polar surface area (TPSA) is 80.2 Å². The molecule has 0 spiro atoms. The number of amides is 1. The van der Waals surface area contributed by atoms with Gasteiger partial charge in [-0.2, -0.15) is 0 Å². The van der Waals surface area contributed by atoms with Gasteiger partial charge in [-0.05, 0) is 73.4 Å². The molecule has 1 aliphatic rings. The second kappa shape index (κ2) is 9.49. The molecule has 1 amide bonds. The van der Waals surface area contributed by atoms with Crippen molar-refractivity contribution in [1.29, 1.82) is 0 Å². The van der Waals surface area contributed by atoms with Gasteiger partial charge in [-0.25, -0.2) is 13.1 Å². The minimum absolute atomic E-state index is 0.0530. The highest BCUT2D eigenvalue weighted by Crippen LogP contribution is 2.20. The van der Waals surface area contributed by atoms with Gasteiger partial charge in [-0.15, -0.1) is 0 Å². The van der Waals surface area contributed by atoms with E-state index >= 15 is 0 Å². The van der Waals surface area contributed by atoms with E-state index in [1.54, 1.807) is 24.3 Å². The van der Waals surface area contributed by atoms with Gasteiger partial charge in [0, 0.05) is 36.2 Å². The van der Waals surface area contributed by atoms with E-state index in [0.29, 0.717) is 18.5 Å². The van der Waals surface area contributed by atoms with Crippen molar-refractivity contribution in [1.82, 2.24) is 14.6 Å². The lowest BCUT2D eigenvalue weighted by Crippen LogP contribution is -2.32. The standard InChI is InChI=1S/C24H27N3O3S/c28-24(20-9-11-22(12-10-20)27-17-3-4-18-27)25-16-15-19-7-13-23(14-8-19)31(29,30)26-21-5-1-2-6-21/h3-4,7-14,17-18,21,26H,1-2,5-6,15-16H2,(H,25,28). The van der Waals surface area contributed by atoms with Gasteiger partial charge in [0.2, 0.25) is 10.0 Å². The van der Waals surface area contributed by atoms with E-state index in [1.807, 2.05) is 53.4 Å². The Morgan fingerprint density at radius 3 is 2.23 bits per heavy atom. The molecule has 2 N–H and O–H groups in total. The second-order valence-electron chi connectivity index (χ2n) is 7.89. The summed E-state index contributed by atoms with van der Waals surface area (Å²) in [6.45, 7) is 0.477. The molecule has 2 aromatic carbocycles. The number of nitrogens with one attached hydrogen (secondary N) is 2. The van der Waals surface area contributed by atoms with Gasteiger partial charge in [0.25, 0.3) is 5.91 Å². The third kappa shape index (κ3) is 5.42. The van der Waals surface area contributed by atoms with Crippen LogP contribution in [0.2, 0.25) is 0 Å². The van der Waals surface area contributed by atoms with E-state index in [2.05, 4.69) is 10.0 Å². The van der Waals surface area contributed by atoms with Crippen LogP contribution >= 0.6 is 0 Å². The first-order chi connectivity index (χ1) is 15.0. The van der Waals surface area contributed by atoms with E-state index in [4.69, 9.17) is 0 Å². The van der Waals surface area contributed by atoms with Crippen molar-refractivity contribution >= 4 is 15.9 Å². The van der Waals surface area contributed by atoms with Gasteiger partial charge in [0.1, 0.15) is 0 Å². The van der Waals surface area contributed by atoms with Crippen LogP contribution in [-0.4, -0.2) is 31.5 Å². The molecule has 1 saturated carbocycles. The SMILES string of the molecule is O=C(NCCc1ccc(S(=O)(=O)NC2CCCC2)cc1)c1ccc(-n2cccc2)cc1. The summed E-state index contributed by atoms with van der Waals surface area (Å²) in [5, 5.41) is 2.92. The molecule has 0 bridgehead atoms. The Hall–Kier alpha value is -2.90. The summed E-state index contributed by atoms with van der Waals surface area (Å²) >= 11 is 0. The first-order valence-corrected chi connectivity index (χ1v) is 12.1. The van der Waals surface area contributed by atoms with Gasteiger partial charge in [0.05, 0.1) is 4.90 Å². The summed E-state index contributed by atoms with van der Waals surface area (Å²) in [7, 11) is -3.47. The Balaban J connectivity index is 1.28. The lowest BCUT2D eigenvalue weighted by molar-refractivity contribution is 0.0954. The molecule has 1 aliphatic carbocycles. The largest absolute Gasteiger partial charge is 0.352 e. The molecule has 0 atom stereocenters. The lowest BCUT2D eigenvalue weighted by Gasteiger charge is -2.13. The highest BCUT2D eigenvalue weighted by atomic mass is 32.2. The Kier molecular flexibility index (Phi) is 6.53. The third-order valence-corrected chi connectivity index (χ3v) is 7.18. The average molecular weight is 438 g/mol. The van der Waals surface area contributed by atoms with Crippen molar-refractivity contribution in [3.63, 3.8) is 0 Å². The number of carbonyl (C=O) groups is 1. The van der Waals surface area contributed by atoms with Crippen LogP contribution in [0.25, 0.3) is 5.69 Å². The molecule has 7 heteroatoms. The van der Waals surface area contributed by atoms with Gasteiger partial charge in [0.15, 0.2) is 0 Å². The predicted octanol–water partition coefficient (Wildman–Crippen LogP) is 3.67. The van der Waals surface area contributed by atoms with Crippen LogP contribution in [0.4, 0.5) is 0 Å². The van der Waals surface area contributed by atoms with Gasteiger partial charge < -0.3 is 9.88 Å². The molecular weight excluding hydrogens is 410 g/mol. The summed E-state index contributed by atoms with van der Waals surface area (Å²) in [6, 6.07) is 18.3. The molecular formula is C24H27N3O3S. The van der Waals surface area contributed by atoms with Crippen LogP contribution in [0, 0.1) is 0 Å². The predicted molar refractivity (Wildman–Crippen MR) is 121 cm³/mol. The molecule has 0 unspecified atom stereocenters. The fourth-order valence-electron chi connectivity index (χ4n) is 3.88. The number of hydrogen-bond donors (Lipinski definition) is 2. The molecule has 162 valence electrons. The van der Waals surface area contributed by atoms with Crippen molar-refractivity contribution in [2.45, 2.75) is 43.0 Å². The van der Waals surface area contributed by atoms with Crippen LogP contribution in [0.15, 0.2) is 78.0 Å². The second-order valence-corrected chi connectivity index (χ2v) is 9.60. The molecule has 0 saturated heterocycles. The normalized spacial score (nSPS) is 14.6. The van der Waals surface area contributed by atoms with E-state index in [0.717, 1.165) is 36.9 Å². The fourth-order valence-corrected chi connectivity index (χ4v) is 5.19. The first-order valence-electron chi connectivity index (χ1n) is 10.6. The summed E-state index contributed by atoms with van der Waals surface area (Å²) in [6.07, 6.45) is 8.51. The number of nitrogens with zero attached hydrogens (tertiary/aromatic N) is 1. The smallest absolute Gasteiger partial charge is 0.251 e. The Morgan fingerprint density at radius 1 is 0.935 bits per heavy atom. The molecule has 4 rings (SSSR count). The molecule has 31 heavy (non-hydrogen) atoms. The molecule has 0 aliphatic heterocycles. The highest BCUT2D eigenvalue weighted by Gasteiger charge is 2.22. The molecule has 0 radical (unpaired) electrons. The molecule has 1 aromatic heterocycles. The molecule has 3 aromatic rings. The van der Waals surface area contributed by atoms with Crippen molar-refractivity contribution in [2.24, 2.45) is 0 Å². The first kappa shape index (κ1) is 21.3. The van der Waals surface area contributed by atoms with Crippen LogP contribution < -0.4 is 10.0 Å². The minimum atomic E-state index is -3.47. The van der Waals surface area contributed by atoms with Crippen LogP contribution in [0.3, 0.4) is 0 Å². The average Bonchev–Trinajstić information content (AvgIpc) is 3.48. The molecule has 1 fully saturated rings. The Labute approximate surface area is 183 Å². The van der Waals surface area contributed by atoms with Crippen LogP contribution in [0.1, 0.15) is 41.6 Å². The number of hydrogen-bond acceptors (Lipinski definition) is 3. The van der Waals surface area contributed by atoms with Gasteiger partial charge in [-0.1, -0.05) is 25.0 Å². The van der Waals surface area contributed by atoms with Gasteiger partial charge in [-0.3, -0.25) is 4.79 Å². The fraction of sp³-hybridized carbons (Fsp3) is 0.292. The highest BCUT2D eigenvalue weighted by molar-refractivity contribution is 7.89. The monoisotopic (exact) mass is 437 g/mol. The maximum atomic E-state index is 12.5. The van der Waals surface area contributed by atoms with E-state index in [1.165, 1.54) is 0 Å². The molecule has 1 heterocycles. The summed E-state index contributed by atoms with van der Waals surface area (Å²) < 4.78 is 29.8. The number of rotatable bonds is 8. The van der Waals surface area contributed by atoms with E-state index < -0.39 is 10.0 Å². The zero-order valence-corrected chi connectivity index (χ0v) is 18.1. The van der Waals surface area contributed by atoms with Crippen LogP contribution in [-0.2, 0) is 16.4 Å². The summed E-state index contributed by atoms with van der Waals surface area (Å²) in [5.74, 6) is -0.126. The maximum absolute atomic E-state index is 12.5. The van der Waals surface area contributed by atoms with Crippen molar-refractivity contribution in [2.75, 3.05) is 6.54 Å². The molecule has 6 nitrogen and oxygen atoms in total. The van der Waals surface area contributed by atoms with Crippen LogP contribution in [0.5, 0.6) is 0 Å². The van der Waals surface area contributed by atoms with Crippen molar-refractivity contribution in [3.05, 3.63) is 84.2 Å². The Bertz CT molecular complexity index is 1100. The quantitative estimate of drug-likeness (QED) is 0.564. The maximum Gasteiger partial charge on any atom is 0.251 e. The number of benzene rings is 2. The third-order valence-electron chi connectivity index (χ3n) is 5.64. The van der Waals surface area contributed by atoms with Gasteiger partial charge >= 0.3 is 0 Å². The summed E-state index contributed by atoms with van der Waals surface area (Å²) in [4.78, 5) is 12.7. The van der Waals surface area contributed by atoms with Crippen molar-refractivity contribution in [3.8, 4) is 5.69 Å².